The number of nitrogens with two attached hydrogens (primary N) is 1. The van der Waals surface area contributed by atoms with Crippen LogP contribution >= 0.6 is 11.8 Å². The minimum absolute atomic E-state index is 0.502. The zero-order valence-electron chi connectivity index (χ0n) is 9.89. The van der Waals surface area contributed by atoms with Crippen molar-refractivity contribution in [2.75, 3.05) is 29.6 Å². The Labute approximate surface area is 105 Å². The number of thioether (sulfide) groups is 1. The Morgan fingerprint density at radius 2 is 2.35 bits per heavy atom. The number of nitrogens with one attached hydrogen (secondary N) is 1. The maximum absolute atomic E-state index is 5.73. The lowest BCUT2D eigenvalue weighted by atomic mass is 10.3. The van der Waals surface area contributed by atoms with Crippen molar-refractivity contribution < 1.29 is 0 Å². The molecule has 92 valence electrons. The molecule has 2 heterocycles. The first-order valence-electron chi connectivity index (χ1n) is 5.63. The van der Waals surface area contributed by atoms with Gasteiger partial charge in [0.15, 0.2) is 11.5 Å². The third kappa shape index (κ3) is 3.03. The van der Waals surface area contributed by atoms with Crippen LogP contribution in [0.1, 0.15) is 12.8 Å². The fraction of sp³-hybridized carbons (Fsp3) is 0.455. The monoisotopic (exact) mass is 251 g/mol. The summed E-state index contributed by atoms with van der Waals surface area (Å²) in [5.41, 5.74) is 6.56. The molecule has 0 aromatic carbocycles. The standard InChI is InChI=1S/C11H17N5S/c1-17-7-3-2-4-13-10-11-14-5-6-16(11)8-9(12)15-10/h5-6,8H,2-4,7,12H2,1H3,(H,13,15). The van der Waals surface area contributed by atoms with Crippen LogP contribution in [0.3, 0.4) is 0 Å². The molecule has 0 unspecified atom stereocenters. The number of hydrogen-bond acceptors (Lipinski definition) is 5. The van der Waals surface area contributed by atoms with Gasteiger partial charge in [0.05, 0.1) is 6.20 Å². The van der Waals surface area contributed by atoms with Gasteiger partial charge in [-0.3, -0.25) is 0 Å². The molecule has 0 atom stereocenters. The van der Waals surface area contributed by atoms with Gasteiger partial charge in [0.25, 0.3) is 0 Å². The molecule has 0 spiro atoms. The average Bonchev–Trinajstić information content (AvgIpc) is 2.76. The summed E-state index contributed by atoms with van der Waals surface area (Å²) in [5, 5.41) is 3.29. The van der Waals surface area contributed by atoms with E-state index in [9.17, 15) is 0 Å². The van der Waals surface area contributed by atoms with Gasteiger partial charge < -0.3 is 15.5 Å². The molecule has 0 saturated heterocycles. The highest BCUT2D eigenvalue weighted by Gasteiger charge is 2.04. The van der Waals surface area contributed by atoms with Crippen LogP contribution in [0.2, 0.25) is 0 Å². The molecule has 0 aliphatic heterocycles. The molecule has 2 aromatic rings. The Hall–Kier alpha value is -1.43. The fourth-order valence-electron chi connectivity index (χ4n) is 1.65. The van der Waals surface area contributed by atoms with Crippen molar-refractivity contribution in [3.8, 4) is 0 Å². The summed E-state index contributed by atoms with van der Waals surface area (Å²) >= 11 is 1.87. The van der Waals surface area contributed by atoms with E-state index in [0.29, 0.717) is 5.82 Å². The molecular weight excluding hydrogens is 234 g/mol. The number of unbranched alkanes of at least 4 members (excludes halogenated alkanes) is 1. The molecule has 0 aliphatic carbocycles. The maximum Gasteiger partial charge on any atom is 0.180 e. The first-order valence-corrected chi connectivity index (χ1v) is 7.02. The summed E-state index contributed by atoms with van der Waals surface area (Å²) in [6.07, 6.45) is 9.84. The van der Waals surface area contributed by atoms with Gasteiger partial charge in [0, 0.05) is 18.9 Å². The summed E-state index contributed by atoms with van der Waals surface area (Å²) in [7, 11) is 0. The van der Waals surface area contributed by atoms with Crippen LogP contribution in [0.5, 0.6) is 0 Å². The number of nitrogens with zero attached hydrogens (tertiary/aromatic N) is 3. The van der Waals surface area contributed by atoms with E-state index in [0.717, 1.165) is 24.4 Å². The van der Waals surface area contributed by atoms with Gasteiger partial charge in [0.2, 0.25) is 0 Å². The van der Waals surface area contributed by atoms with Crippen molar-refractivity contribution in [1.82, 2.24) is 14.4 Å². The highest BCUT2D eigenvalue weighted by molar-refractivity contribution is 7.98. The van der Waals surface area contributed by atoms with E-state index in [1.165, 1.54) is 12.2 Å². The third-order valence-electron chi connectivity index (χ3n) is 2.46. The van der Waals surface area contributed by atoms with Crippen molar-refractivity contribution in [2.24, 2.45) is 0 Å². The normalized spacial score (nSPS) is 10.9. The Balaban J connectivity index is 2.00. The molecule has 5 nitrogen and oxygen atoms in total. The molecule has 0 fully saturated rings. The van der Waals surface area contributed by atoms with Gasteiger partial charge in [-0.1, -0.05) is 0 Å². The van der Waals surface area contributed by atoms with E-state index in [-0.39, 0.29) is 0 Å². The van der Waals surface area contributed by atoms with Crippen molar-refractivity contribution in [2.45, 2.75) is 12.8 Å². The van der Waals surface area contributed by atoms with Crippen LogP contribution in [-0.2, 0) is 0 Å². The topological polar surface area (TPSA) is 68.2 Å². The molecule has 2 aromatic heterocycles. The molecule has 0 radical (unpaired) electrons. The van der Waals surface area contributed by atoms with E-state index < -0.39 is 0 Å². The lowest BCUT2D eigenvalue weighted by Gasteiger charge is -2.07. The molecule has 6 heteroatoms. The summed E-state index contributed by atoms with van der Waals surface area (Å²) in [6, 6.07) is 0. The minimum Gasteiger partial charge on any atom is -0.382 e. The van der Waals surface area contributed by atoms with Crippen LogP contribution in [0.15, 0.2) is 18.6 Å². The lowest BCUT2D eigenvalue weighted by Crippen LogP contribution is -2.07. The first kappa shape index (κ1) is 12.0. The first-order chi connectivity index (χ1) is 8.31. The third-order valence-corrected chi connectivity index (χ3v) is 3.16. The summed E-state index contributed by atoms with van der Waals surface area (Å²) < 4.78 is 1.88. The number of hydrogen-bond donors (Lipinski definition) is 2. The van der Waals surface area contributed by atoms with E-state index in [4.69, 9.17) is 5.73 Å². The second-order valence-electron chi connectivity index (χ2n) is 3.80. The zero-order chi connectivity index (χ0) is 12.1. The van der Waals surface area contributed by atoms with Gasteiger partial charge in [-0.25, -0.2) is 9.97 Å². The lowest BCUT2D eigenvalue weighted by molar-refractivity contribution is 0.839. The zero-order valence-corrected chi connectivity index (χ0v) is 10.7. The van der Waals surface area contributed by atoms with E-state index in [2.05, 4.69) is 21.5 Å². The van der Waals surface area contributed by atoms with Crippen molar-refractivity contribution in [3.05, 3.63) is 18.6 Å². The Morgan fingerprint density at radius 1 is 1.47 bits per heavy atom. The quantitative estimate of drug-likeness (QED) is 0.767. The summed E-state index contributed by atoms with van der Waals surface area (Å²) in [5.74, 6) is 2.46. The number of anilines is 2. The van der Waals surface area contributed by atoms with Gasteiger partial charge >= 0.3 is 0 Å². The fourth-order valence-corrected chi connectivity index (χ4v) is 2.14. The number of imidazole rings is 1. The maximum atomic E-state index is 5.73. The minimum atomic E-state index is 0.502. The summed E-state index contributed by atoms with van der Waals surface area (Å²) in [6.45, 7) is 0.902. The largest absolute Gasteiger partial charge is 0.382 e. The number of nitrogen functional groups attached to an aromatic ring is 1. The molecule has 0 bridgehead atoms. The molecule has 0 aliphatic rings. The second kappa shape index (κ2) is 5.77. The second-order valence-corrected chi connectivity index (χ2v) is 4.78. The molecule has 0 saturated carbocycles. The van der Waals surface area contributed by atoms with Crippen molar-refractivity contribution >= 4 is 29.0 Å². The summed E-state index contributed by atoms with van der Waals surface area (Å²) in [4.78, 5) is 8.52. The van der Waals surface area contributed by atoms with Crippen LogP contribution in [0, 0.1) is 0 Å². The van der Waals surface area contributed by atoms with E-state index in [1.54, 1.807) is 12.4 Å². The Morgan fingerprint density at radius 3 is 3.18 bits per heavy atom. The van der Waals surface area contributed by atoms with Crippen LogP contribution in [0.4, 0.5) is 11.6 Å². The van der Waals surface area contributed by atoms with Crippen LogP contribution in [-0.4, -0.2) is 32.9 Å². The molecule has 3 N–H and O–H groups in total. The SMILES string of the molecule is CSCCCCNc1nc(N)cn2ccnc12. The predicted molar refractivity (Wildman–Crippen MR) is 73.5 cm³/mol. The van der Waals surface area contributed by atoms with E-state index in [1.807, 2.05) is 22.4 Å². The van der Waals surface area contributed by atoms with E-state index >= 15 is 0 Å². The number of aromatic nitrogens is 3. The average molecular weight is 251 g/mol. The predicted octanol–water partition coefficient (Wildman–Crippen LogP) is 1.87. The van der Waals surface area contributed by atoms with Gasteiger partial charge in [-0.05, 0) is 24.9 Å². The molecule has 2 rings (SSSR count). The van der Waals surface area contributed by atoms with Gasteiger partial charge in [-0.2, -0.15) is 11.8 Å². The molecular formula is C11H17N5S. The Kier molecular flexibility index (Phi) is 4.08. The van der Waals surface area contributed by atoms with Crippen LogP contribution in [0.25, 0.3) is 5.65 Å². The van der Waals surface area contributed by atoms with Gasteiger partial charge in [-0.15, -0.1) is 0 Å². The highest BCUT2D eigenvalue weighted by Crippen LogP contribution is 2.14. The van der Waals surface area contributed by atoms with Crippen LogP contribution < -0.4 is 11.1 Å². The molecule has 0 amide bonds. The smallest absolute Gasteiger partial charge is 0.180 e. The Bertz CT molecular complexity index is 482. The van der Waals surface area contributed by atoms with Gasteiger partial charge in [0.1, 0.15) is 5.82 Å². The van der Waals surface area contributed by atoms with Crippen molar-refractivity contribution in [3.63, 3.8) is 0 Å². The molecule has 17 heavy (non-hydrogen) atoms. The van der Waals surface area contributed by atoms with Crippen molar-refractivity contribution in [1.29, 1.82) is 0 Å². The number of fused-ring (bicyclic) bond motifs is 1. The highest BCUT2D eigenvalue weighted by atomic mass is 32.2. The number of rotatable bonds is 6.